The van der Waals surface area contributed by atoms with Crippen LogP contribution in [-0.2, 0) is 4.79 Å². The van der Waals surface area contributed by atoms with Crippen LogP contribution in [0, 0.1) is 5.82 Å². The number of hydrogen-bond acceptors (Lipinski definition) is 3. The molecular weight excluding hydrogens is 269 g/mol. The molecule has 1 aromatic heterocycles. The summed E-state index contributed by atoms with van der Waals surface area (Å²) in [7, 11) is 0. The zero-order valence-corrected chi connectivity index (χ0v) is 12.6. The molecule has 1 aliphatic heterocycles. The minimum absolute atomic E-state index is 0.0692. The van der Waals surface area contributed by atoms with E-state index >= 15 is 0 Å². The van der Waals surface area contributed by atoms with Gasteiger partial charge in [0.1, 0.15) is 5.82 Å². The molecule has 1 aliphatic rings. The second kappa shape index (κ2) is 8.08. The summed E-state index contributed by atoms with van der Waals surface area (Å²) in [4.78, 5) is 18.1. The van der Waals surface area contributed by atoms with Crippen molar-refractivity contribution >= 4 is 5.91 Å². The van der Waals surface area contributed by atoms with Crippen molar-refractivity contribution in [2.75, 3.05) is 19.6 Å². The van der Waals surface area contributed by atoms with E-state index < -0.39 is 0 Å². The molecule has 0 radical (unpaired) electrons. The highest BCUT2D eigenvalue weighted by atomic mass is 19.1. The van der Waals surface area contributed by atoms with Gasteiger partial charge in [-0.1, -0.05) is 6.92 Å². The van der Waals surface area contributed by atoms with Gasteiger partial charge < -0.3 is 10.2 Å². The number of piperidine rings is 1. The first-order valence-electron chi connectivity index (χ1n) is 7.83. The maximum absolute atomic E-state index is 12.9. The SMILES string of the molecule is CCC(NCCC(=O)N1CCCCC1)c1ccc(F)cn1. The van der Waals surface area contributed by atoms with Gasteiger partial charge in [-0.25, -0.2) is 4.39 Å². The minimum Gasteiger partial charge on any atom is -0.343 e. The van der Waals surface area contributed by atoms with Crippen LogP contribution in [0.3, 0.4) is 0 Å². The quantitative estimate of drug-likeness (QED) is 0.877. The van der Waals surface area contributed by atoms with Gasteiger partial charge in [0.15, 0.2) is 0 Å². The largest absolute Gasteiger partial charge is 0.343 e. The molecule has 0 bridgehead atoms. The summed E-state index contributed by atoms with van der Waals surface area (Å²) in [5.41, 5.74) is 0.823. The Balaban J connectivity index is 1.77. The van der Waals surface area contributed by atoms with Gasteiger partial charge in [0.2, 0.25) is 5.91 Å². The van der Waals surface area contributed by atoms with Gasteiger partial charge in [0, 0.05) is 32.1 Å². The van der Waals surface area contributed by atoms with Crippen molar-refractivity contribution < 1.29 is 9.18 Å². The zero-order valence-electron chi connectivity index (χ0n) is 12.6. The molecule has 1 N–H and O–H groups in total. The molecule has 1 aromatic rings. The first-order valence-corrected chi connectivity index (χ1v) is 7.83. The molecule has 5 heteroatoms. The summed E-state index contributed by atoms with van der Waals surface area (Å²) < 4.78 is 12.9. The Bertz CT molecular complexity index is 443. The third-order valence-corrected chi connectivity index (χ3v) is 3.95. The highest BCUT2D eigenvalue weighted by Crippen LogP contribution is 2.14. The predicted molar refractivity (Wildman–Crippen MR) is 80.3 cm³/mol. The van der Waals surface area contributed by atoms with E-state index in [1.165, 1.54) is 18.7 Å². The molecule has 0 aliphatic carbocycles. The molecular formula is C16H24FN3O. The Hall–Kier alpha value is -1.49. The van der Waals surface area contributed by atoms with Crippen LogP contribution in [0.5, 0.6) is 0 Å². The lowest BCUT2D eigenvalue weighted by atomic mass is 10.1. The summed E-state index contributed by atoms with van der Waals surface area (Å²) >= 11 is 0. The summed E-state index contributed by atoms with van der Waals surface area (Å²) in [6, 6.07) is 3.19. The van der Waals surface area contributed by atoms with Crippen molar-refractivity contribution in [2.24, 2.45) is 0 Å². The van der Waals surface area contributed by atoms with E-state index in [-0.39, 0.29) is 17.8 Å². The Morgan fingerprint density at radius 2 is 2.14 bits per heavy atom. The van der Waals surface area contributed by atoms with E-state index in [0.717, 1.165) is 38.0 Å². The Morgan fingerprint density at radius 3 is 2.76 bits per heavy atom. The van der Waals surface area contributed by atoms with Crippen molar-refractivity contribution in [3.63, 3.8) is 0 Å². The van der Waals surface area contributed by atoms with Crippen LogP contribution in [0.2, 0.25) is 0 Å². The molecule has 116 valence electrons. The molecule has 0 saturated carbocycles. The van der Waals surface area contributed by atoms with Gasteiger partial charge >= 0.3 is 0 Å². The molecule has 1 saturated heterocycles. The maximum Gasteiger partial charge on any atom is 0.223 e. The fourth-order valence-electron chi connectivity index (χ4n) is 2.71. The lowest BCUT2D eigenvalue weighted by Gasteiger charge is -2.27. The number of likely N-dealkylation sites (tertiary alicyclic amines) is 1. The van der Waals surface area contributed by atoms with Gasteiger partial charge in [-0.3, -0.25) is 9.78 Å². The Morgan fingerprint density at radius 1 is 1.38 bits per heavy atom. The molecule has 21 heavy (non-hydrogen) atoms. The van der Waals surface area contributed by atoms with E-state index in [2.05, 4.69) is 17.2 Å². The molecule has 0 aromatic carbocycles. The molecule has 2 heterocycles. The molecule has 1 fully saturated rings. The van der Waals surface area contributed by atoms with Crippen LogP contribution in [0.1, 0.15) is 50.8 Å². The number of halogens is 1. The average molecular weight is 293 g/mol. The van der Waals surface area contributed by atoms with Gasteiger partial charge in [0.25, 0.3) is 0 Å². The summed E-state index contributed by atoms with van der Waals surface area (Å²) in [6.07, 6.45) is 6.08. The van der Waals surface area contributed by atoms with Crippen LogP contribution < -0.4 is 5.32 Å². The van der Waals surface area contributed by atoms with E-state index in [9.17, 15) is 9.18 Å². The topological polar surface area (TPSA) is 45.2 Å². The van der Waals surface area contributed by atoms with Crippen molar-refractivity contribution in [1.82, 2.24) is 15.2 Å². The molecule has 2 rings (SSSR count). The number of nitrogens with one attached hydrogen (secondary N) is 1. The highest BCUT2D eigenvalue weighted by molar-refractivity contribution is 5.76. The smallest absolute Gasteiger partial charge is 0.223 e. The normalized spacial score (nSPS) is 16.8. The number of hydrogen-bond donors (Lipinski definition) is 1. The van der Waals surface area contributed by atoms with Crippen LogP contribution in [0.15, 0.2) is 18.3 Å². The van der Waals surface area contributed by atoms with E-state index in [0.29, 0.717) is 13.0 Å². The average Bonchev–Trinajstić information content (AvgIpc) is 2.53. The summed E-state index contributed by atoms with van der Waals surface area (Å²) in [6.45, 7) is 4.48. The third-order valence-electron chi connectivity index (χ3n) is 3.95. The second-order valence-electron chi connectivity index (χ2n) is 5.51. The third kappa shape index (κ3) is 4.77. The van der Waals surface area contributed by atoms with Crippen molar-refractivity contribution in [1.29, 1.82) is 0 Å². The summed E-state index contributed by atoms with van der Waals surface area (Å²) in [5, 5.41) is 3.34. The van der Waals surface area contributed by atoms with Crippen molar-refractivity contribution in [2.45, 2.75) is 45.1 Å². The number of carbonyl (C=O) groups is 1. The van der Waals surface area contributed by atoms with E-state index in [1.54, 1.807) is 6.07 Å². The summed E-state index contributed by atoms with van der Waals surface area (Å²) in [5.74, 6) is -0.0991. The van der Waals surface area contributed by atoms with Gasteiger partial charge in [0.05, 0.1) is 11.9 Å². The number of aromatic nitrogens is 1. The molecule has 1 unspecified atom stereocenters. The molecule has 1 atom stereocenters. The second-order valence-corrected chi connectivity index (χ2v) is 5.51. The van der Waals surface area contributed by atoms with E-state index in [4.69, 9.17) is 0 Å². The highest BCUT2D eigenvalue weighted by Gasteiger charge is 2.17. The monoisotopic (exact) mass is 293 g/mol. The molecule has 4 nitrogen and oxygen atoms in total. The van der Waals surface area contributed by atoms with E-state index in [1.807, 2.05) is 4.90 Å². The number of nitrogens with zero attached hydrogens (tertiary/aromatic N) is 2. The van der Waals surface area contributed by atoms with Gasteiger partial charge in [-0.2, -0.15) is 0 Å². The predicted octanol–water partition coefficient (Wildman–Crippen LogP) is 2.66. The molecule has 0 spiro atoms. The van der Waals surface area contributed by atoms with Gasteiger partial charge in [-0.05, 0) is 37.8 Å². The minimum atomic E-state index is -0.325. The molecule has 1 amide bonds. The first kappa shape index (κ1) is 15.9. The maximum atomic E-state index is 12.9. The van der Waals surface area contributed by atoms with Gasteiger partial charge in [-0.15, -0.1) is 0 Å². The standard InChI is InChI=1S/C16H24FN3O/c1-2-14(15-7-6-13(17)12-19-15)18-9-8-16(21)20-10-4-3-5-11-20/h6-7,12,14,18H,2-5,8-11H2,1H3. The Kier molecular flexibility index (Phi) is 6.11. The number of rotatable bonds is 6. The van der Waals surface area contributed by atoms with Crippen LogP contribution in [0.4, 0.5) is 4.39 Å². The number of carbonyl (C=O) groups excluding carboxylic acids is 1. The van der Waals surface area contributed by atoms with Crippen molar-refractivity contribution in [3.05, 3.63) is 29.8 Å². The van der Waals surface area contributed by atoms with Crippen LogP contribution >= 0.6 is 0 Å². The lowest BCUT2D eigenvalue weighted by molar-refractivity contribution is -0.132. The van der Waals surface area contributed by atoms with Crippen LogP contribution in [0.25, 0.3) is 0 Å². The van der Waals surface area contributed by atoms with Crippen molar-refractivity contribution in [3.8, 4) is 0 Å². The zero-order chi connectivity index (χ0) is 15.1. The fourth-order valence-corrected chi connectivity index (χ4v) is 2.71. The number of amides is 1. The first-order chi connectivity index (χ1) is 10.2. The van der Waals surface area contributed by atoms with Crippen LogP contribution in [-0.4, -0.2) is 35.4 Å². The fraction of sp³-hybridized carbons (Fsp3) is 0.625. The lowest BCUT2D eigenvalue weighted by Crippen LogP contribution is -2.37. The number of pyridine rings is 1. The Labute approximate surface area is 125 Å².